The highest BCUT2D eigenvalue weighted by molar-refractivity contribution is 5.88. The third-order valence-corrected chi connectivity index (χ3v) is 6.43. The van der Waals surface area contributed by atoms with Crippen LogP contribution in [-0.4, -0.2) is 46.0 Å². The first kappa shape index (κ1) is 27.5. The van der Waals surface area contributed by atoms with Gasteiger partial charge in [-0.3, -0.25) is 4.98 Å². The van der Waals surface area contributed by atoms with Gasteiger partial charge >= 0.3 is 5.97 Å². The van der Waals surface area contributed by atoms with Crippen molar-refractivity contribution >= 4 is 5.97 Å². The first-order valence-corrected chi connectivity index (χ1v) is 12.7. The Labute approximate surface area is 228 Å². The lowest BCUT2D eigenvalue weighted by atomic mass is 9.93. The Hall–Kier alpha value is -4.51. The fourth-order valence-corrected chi connectivity index (χ4v) is 4.29. The molecule has 4 rings (SSSR count). The predicted octanol–water partition coefficient (Wildman–Crippen LogP) is 5.34. The highest BCUT2D eigenvalue weighted by Gasteiger charge is 2.20. The van der Waals surface area contributed by atoms with E-state index in [4.69, 9.17) is 9.84 Å². The number of hydrogen-bond donors (Lipinski definition) is 3. The maximum atomic E-state index is 11.1. The molecule has 0 radical (unpaired) electrons. The molecule has 0 saturated heterocycles. The highest BCUT2D eigenvalue weighted by atomic mass is 16.5. The summed E-state index contributed by atoms with van der Waals surface area (Å²) in [6.07, 6.45) is 3.55. The van der Waals surface area contributed by atoms with E-state index in [2.05, 4.69) is 54.5 Å². The molecule has 7 heteroatoms. The number of carboxylic acids is 1. The smallest absolute Gasteiger partial charge is 0.335 e. The standard InChI is InChI=1S/C32H31N3O4/c1-32(2,18-22-3-5-23(6-4-22)25-13-15-34-16-14-25)35-20-29(36)21-39-30-17-27(11-12-28(30)19-33)24-7-9-26(10-8-24)31(37)38/h3-17,29,35-36H,18,20-21H2,1-2H3,(H,37,38)/t29-/m1/s1. The van der Waals surface area contributed by atoms with Crippen LogP contribution in [-0.2, 0) is 6.42 Å². The second-order valence-electron chi connectivity index (χ2n) is 10.0. The lowest BCUT2D eigenvalue weighted by Crippen LogP contribution is -2.46. The fourth-order valence-electron chi connectivity index (χ4n) is 4.29. The van der Waals surface area contributed by atoms with Crippen molar-refractivity contribution in [3.8, 4) is 34.1 Å². The third kappa shape index (κ3) is 7.51. The van der Waals surface area contributed by atoms with E-state index in [-0.39, 0.29) is 17.7 Å². The topological polar surface area (TPSA) is 115 Å². The number of aromatic carboxylic acids is 1. The Balaban J connectivity index is 1.32. The third-order valence-electron chi connectivity index (χ3n) is 6.43. The molecule has 3 aromatic carbocycles. The zero-order valence-corrected chi connectivity index (χ0v) is 22.0. The number of hydrogen-bond acceptors (Lipinski definition) is 6. The Morgan fingerprint density at radius 1 is 0.949 bits per heavy atom. The van der Waals surface area contributed by atoms with Crippen LogP contribution < -0.4 is 10.1 Å². The number of benzene rings is 3. The van der Waals surface area contributed by atoms with E-state index < -0.39 is 12.1 Å². The van der Waals surface area contributed by atoms with Crippen molar-refractivity contribution in [2.24, 2.45) is 0 Å². The number of aromatic nitrogens is 1. The second kappa shape index (κ2) is 12.4. The minimum Gasteiger partial charge on any atom is -0.489 e. The number of β-amino-alcohol motifs (C(OH)–C–C–N with tert-alkyl or cyclic N) is 1. The summed E-state index contributed by atoms with van der Waals surface area (Å²) in [6.45, 7) is 4.51. The molecule has 0 aliphatic rings. The van der Waals surface area contributed by atoms with E-state index in [0.717, 1.165) is 28.7 Å². The van der Waals surface area contributed by atoms with Crippen LogP contribution in [0, 0.1) is 11.3 Å². The predicted molar refractivity (Wildman–Crippen MR) is 151 cm³/mol. The molecule has 1 heterocycles. The van der Waals surface area contributed by atoms with Crippen molar-refractivity contribution in [1.29, 1.82) is 5.26 Å². The molecule has 7 nitrogen and oxygen atoms in total. The average molecular weight is 522 g/mol. The molecule has 1 atom stereocenters. The van der Waals surface area contributed by atoms with Gasteiger partial charge in [-0.25, -0.2) is 4.79 Å². The largest absolute Gasteiger partial charge is 0.489 e. The molecule has 0 amide bonds. The molecule has 3 N–H and O–H groups in total. The Morgan fingerprint density at radius 3 is 2.18 bits per heavy atom. The van der Waals surface area contributed by atoms with Gasteiger partial charge in [-0.2, -0.15) is 5.26 Å². The van der Waals surface area contributed by atoms with Gasteiger partial charge in [-0.05, 0) is 84.5 Å². The van der Waals surface area contributed by atoms with Crippen LogP contribution >= 0.6 is 0 Å². The van der Waals surface area contributed by atoms with E-state index in [1.165, 1.54) is 17.7 Å². The first-order chi connectivity index (χ1) is 18.7. The second-order valence-corrected chi connectivity index (χ2v) is 10.0. The average Bonchev–Trinajstić information content (AvgIpc) is 2.95. The van der Waals surface area contributed by atoms with Gasteiger partial charge in [0.2, 0.25) is 0 Å². The van der Waals surface area contributed by atoms with Crippen LogP contribution in [0.2, 0.25) is 0 Å². The number of aliphatic hydroxyl groups is 1. The van der Waals surface area contributed by atoms with Crippen molar-refractivity contribution in [3.05, 3.63) is 108 Å². The van der Waals surface area contributed by atoms with Crippen molar-refractivity contribution in [2.45, 2.75) is 31.9 Å². The van der Waals surface area contributed by atoms with Crippen LogP contribution in [0.15, 0.2) is 91.3 Å². The number of ether oxygens (including phenoxy) is 1. The van der Waals surface area contributed by atoms with Gasteiger partial charge in [-0.1, -0.05) is 42.5 Å². The van der Waals surface area contributed by atoms with Crippen LogP contribution in [0.3, 0.4) is 0 Å². The molecule has 0 bridgehead atoms. The molecule has 0 aliphatic heterocycles. The monoisotopic (exact) mass is 521 g/mol. The minimum atomic E-state index is -0.991. The number of carboxylic acid groups (broad SMARTS) is 1. The van der Waals surface area contributed by atoms with Crippen molar-refractivity contribution in [1.82, 2.24) is 10.3 Å². The summed E-state index contributed by atoms with van der Waals surface area (Å²) in [5.74, 6) is -0.625. The normalized spacial score (nSPS) is 11.9. The van der Waals surface area contributed by atoms with Gasteiger partial charge in [0.15, 0.2) is 0 Å². The van der Waals surface area contributed by atoms with E-state index in [1.54, 1.807) is 42.7 Å². The highest BCUT2D eigenvalue weighted by Crippen LogP contribution is 2.28. The van der Waals surface area contributed by atoms with Gasteiger partial charge in [0.05, 0.1) is 11.1 Å². The summed E-state index contributed by atoms with van der Waals surface area (Å²) in [5, 5.41) is 32.6. The van der Waals surface area contributed by atoms with Gasteiger partial charge < -0.3 is 20.3 Å². The van der Waals surface area contributed by atoms with Crippen molar-refractivity contribution in [2.75, 3.05) is 13.2 Å². The summed E-state index contributed by atoms with van der Waals surface area (Å²) < 4.78 is 5.84. The SMILES string of the molecule is CC(C)(Cc1ccc(-c2ccncc2)cc1)NC[C@@H](O)COc1cc(-c2ccc(C(=O)O)cc2)ccc1C#N. The number of nitriles is 1. The van der Waals surface area contributed by atoms with Crippen LogP contribution in [0.1, 0.15) is 35.3 Å². The molecule has 0 fully saturated rings. The summed E-state index contributed by atoms with van der Waals surface area (Å²) in [6, 6.07) is 26.2. The Morgan fingerprint density at radius 2 is 1.54 bits per heavy atom. The van der Waals surface area contributed by atoms with Gasteiger partial charge in [0.1, 0.15) is 24.5 Å². The molecule has 39 heavy (non-hydrogen) atoms. The van der Waals surface area contributed by atoms with E-state index in [0.29, 0.717) is 17.9 Å². The first-order valence-electron chi connectivity index (χ1n) is 12.7. The molecular weight excluding hydrogens is 490 g/mol. The quantitative estimate of drug-likeness (QED) is 0.244. The lowest BCUT2D eigenvalue weighted by Gasteiger charge is -2.28. The zero-order chi connectivity index (χ0) is 27.8. The van der Waals surface area contributed by atoms with Gasteiger partial charge in [-0.15, -0.1) is 0 Å². The van der Waals surface area contributed by atoms with Crippen molar-refractivity contribution < 1.29 is 19.7 Å². The molecular formula is C32H31N3O4. The molecule has 1 aromatic heterocycles. The summed E-state index contributed by atoms with van der Waals surface area (Å²) in [5.41, 5.74) is 5.32. The molecule has 4 aromatic rings. The summed E-state index contributed by atoms with van der Waals surface area (Å²) in [4.78, 5) is 15.2. The number of nitrogens with one attached hydrogen (secondary N) is 1. The molecule has 0 unspecified atom stereocenters. The lowest BCUT2D eigenvalue weighted by molar-refractivity contribution is 0.0697. The maximum absolute atomic E-state index is 11.1. The van der Waals surface area contributed by atoms with Crippen LogP contribution in [0.4, 0.5) is 0 Å². The number of aliphatic hydroxyl groups excluding tert-OH is 1. The Kier molecular flexibility index (Phi) is 8.72. The molecule has 198 valence electrons. The summed E-state index contributed by atoms with van der Waals surface area (Å²) in [7, 11) is 0. The van der Waals surface area contributed by atoms with Crippen LogP contribution in [0.25, 0.3) is 22.3 Å². The number of nitrogens with zero attached hydrogens (tertiary/aromatic N) is 2. The minimum absolute atomic E-state index is 0.0137. The molecule has 0 aliphatic carbocycles. The summed E-state index contributed by atoms with van der Waals surface area (Å²) >= 11 is 0. The maximum Gasteiger partial charge on any atom is 0.335 e. The number of rotatable bonds is 11. The van der Waals surface area contributed by atoms with Crippen LogP contribution in [0.5, 0.6) is 5.75 Å². The number of pyridine rings is 1. The van der Waals surface area contributed by atoms with Crippen molar-refractivity contribution in [3.63, 3.8) is 0 Å². The fraction of sp³-hybridized carbons (Fsp3) is 0.219. The van der Waals surface area contributed by atoms with E-state index >= 15 is 0 Å². The Bertz CT molecular complexity index is 1440. The van der Waals surface area contributed by atoms with E-state index in [1.807, 2.05) is 12.1 Å². The number of carbonyl (C=O) groups is 1. The molecule has 0 saturated carbocycles. The zero-order valence-electron chi connectivity index (χ0n) is 22.0. The van der Waals surface area contributed by atoms with Gasteiger partial charge in [0.25, 0.3) is 0 Å². The van der Waals surface area contributed by atoms with Gasteiger partial charge in [0, 0.05) is 24.5 Å². The van der Waals surface area contributed by atoms with E-state index in [9.17, 15) is 15.2 Å². The molecule has 0 spiro atoms.